The topological polar surface area (TPSA) is 49.3 Å². The van der Waals surface area contributed by atoms with Gasteiger partial charge in [0.05, 0.1) is 24.3 Å². The number of fused-ring (bicyclic) bond motifs is 1. The number of hydrogen-bond acceptors (Lipinski definition) is 4. The van der Waals surface area contributed by atoms with E-state index < -0.39 is 12.7 Å². The highest BCUT2D eigenvalue weighted by molar-refractivity contribution is 7.64. The maximum atomic E-state index is 13.6. The van der Waals surface area contributed by atoms with Crippen LogP contribution in [0.15, 0.2) is 48.5 Å². The lowest BCUT2D eigenvalue weighted by atomic mass is 10.0. The number of likely N-dealkylation sites (tertiary alicyclic amines) is 1. The Bertz CT molecular complexity index is 1360. The molecule has 2 aromatic carbocycles. The van der Waals surface area contributed by atoms with E-state index in [-0.39, 0.29) is 25.7 Å². The van der Waals surface area contributed by atoms with Crippen LogP contribution in [0, 0.1) is 17.8 Å². The van der Waals surface area contributed by atoms with Crippen molar-refractivity contribution in [2.45, 2.75) is 45.5 Å². The molecule has 0 aliphatic carbocycles. The number of carbonyl (C=O) groups is 1. The zero-order valence-electron chi connectivity index (χ0n) is 23.6. The normalized spacial score (nSPS) is 14.9. The Balaban J connectivity index is 1.49. The summed E-state index contributed by atoms with van der Waals surface area (Å²) >= 11 is 0. The number of nitrogens with one attached hydrogen (secondary N) is 2. The van der Waals surface area contributed by atoms with Gasteiger partial charge in [0, 0.05) is 41.8 Å². The lowest BCUT2D eigenvalue weighted by molar-refractivity contribution is -0.140. The summed E-state index contributed by atoms with van der Waals surface area (Å²) in [7, 11) is -0.166. The van der Waals surface area contributed by atoms with Crippen molar-refractivity contribution in [3.05, 3.63) is 54.2 Å². The number of halogens is 3. The number of Topliss-reactive ketones (excluding diaryl/α,β-unsaturated/α-hetero) is 1. The molecular weight excluding hydrogens is 532 g/mol. The molecule has 5 nitrogen and oxygen atoms in total. The molecule has 9 heteroatoms. The summed E-state index contributed by atoms with van der Waals surface area (Å²) < 4.78 is 41.9. The molecule has 0 radical (unpaired) electrons. The molecular formula is C31H38F3N4OP. The minimum absolute atomic E-state index is 0.0270. The van der Waals surface area contributed by atoms with E-state index in [9.17, 15) is 18.0 Å². The van der Waals surface area contributed by atoms with Crippen LogP contribution in [0.25, 0.3) is 10.9 Å². The number of nitrogens with zero attached hydrogens (tertiary/aromatic N) is 2. The average Bonchev–Trinajstić information content (AvgIpc) is 3.24. The zero-order chi connectivity index (χ0) is 28.9. The Morgan fingerprint density at radius 2 is 1.80 bits per heavy atom. The van der Waals surface area contributed by atoms with E-state index in [0.29, 0.717) is 24.3 Å². The van der Waals surface area contributed by atoms with E-state index in [1.54, 1.807) is 18.2 Å². The Labute approximate surface area is 236 Å². The van der Waals surface area contributed by atoms with Gasteiger partial charge < -0.3 is 15.2 Å². The second kappa shape index (κ2) is 13.1. The highest BCUT2D eigenvalue weighted by Gasteiger charge is 2.30. The standard InChI is InChI=1S/C31H38F3N4OP/c1-22(2)30(39)20-37-17-14-24(15-18-37)36-28-8-5-9-29-27(28)19-25(38(29)21-31(32,33)34)7-6-16-35-23-10-12-26(13-11-23)40(3)4/h5,8-13,19,22,24,35-36H,14-18,20-21H2,1-4H3. The van der Waals surface area contributed by atoms with E-state index in [1.807, 2.05) is 32.0 Å². The number of carbonyl (C=O) groups excluding carboxylic acids is 1. The largest absolute Gasteiger partial charge is 0.406 e. The maximum absolute atomic E-state index is 13.6. The van der Waals surface area contributed by atoms with Gasteiger partial charge in [0.1, 0.15) is 12.3 Å². The summed E-state index contributed by atoms with van der Waals surface area (Å²) in [5.74, 6) is 6.25. The fourth-order valence-corrected chi connectivity index (χ4v) is 5.63. The van der Waals surface area contributed by atoms with Crippen molar-refractivity contribution in [2.24, 2.45) is 5.92 Å². The van der Waals surface area contributed by atoms with Crippen molar-refractivity contribution in [1.29, 1.82) is 0 Å². The van der Waals surface area contributed by atoms with Gasteiger partial charge in [-0.1, -0.05) is 45.9 Å². The minimum Gasteiger partial charge on any atom is -0.382 e. The highest BCUT2D eigenvalue weighted by Crippen LogP contribution is 2.31. The Hall–Kier alpha value is -3.01. The van der Waals surface area contributed by atoms with E-state index in [2.05, 4.69) is 52.8 Å². The molecule has 1 aliphatic rings. The number of aromatic nitrogens is 1. The van der Waals surface area contributed by atoms with Crippen molar-refractivity contribution in [2.75, 3.05) is 50.1 Å². The van der Waals surface area contributed by atoms with Gasteiger partial charge in [-0.3, -0.25) is 9.69 Å². The minimum atomic E-state index is -4.37. The summed E-state index contributed by atoms with van der Waals surface area (Å²) in [6, 6.07) is 15.5. The first-order chi connectivity index (χ1) is 19.0. The van der Waals surface area contributed by atoms with Crippen molar-refractivity contribution in [1.82, 2.24) is 9.47 Å². The summed E-state index contributed by atoms with van der Waals surface area (Å²) in [5.41, 5.74) is 2.58. The van der Waals surface area contributed by atoms with Crippen LogP contribution in [0.5, 0.6) is 0 Å². The number of rotatable bonds is 9. The third-order valence-corrected chi connectivity index (χ3v) is 8.57. The van der Waals surface area contributed by atoms with Crippen molar-refractivity contribution in [3.63, 3.8) is 0 Å². The SMILES string of the molecule is CC(C)C(=O)CN1CCC(Nc2cccc3c2cc(C#CCNc2ccc(P(C)C)cc2)n3CC(F)(F)F)CC1. The summed E-state index contributed by atoms with van der Waals surface area (Å²) in [6.45, 7) is 9.56. The summed E-state index contributed by atoms with van der Waals surface area (Å²) in [6.07, 6.45) is -2.64. The molecule has 1 fully saturated rings. The van der Waals surface area contributed by atoms with Crippen LogP contribution in [-0.4, -0.2) is 67.0 Å². The van der Waals surface area contributed by atoms with E-state index in [1.165, 1.54) is 9.87 Å². The van der Waals surface area contributed by atoms with Crippen LogP contribution in [0.2, 0.25) is 0 Å². The van der Waals surface area contributed by atoms with Gasteiger partial charge in [0.15, 0.2) is 0 Å². The lowest BCUT2D eigenvalue weighted by Gasteiger charge is -2.32. The number of ketones is 1. The van der Waals surface area contributed by atoms with Gasteiger partial charge in [-0.25, -0.2) is 0 Å². The Morgan fingerprint density at radius 3 is 2.42 bits per heavy atom. The molecule has 4 rings (SSSR count). The predicted octanol–water partition coefficient (Wildman–Crippen LogP) is 6.14. The lowest BCUT2D eigenvalue weighted by Crippen LogP contribution is -2.42. The van der Waals surface area contributed by atoms with E-state index in [4.69, 9.17) is 0 Å². The quantitative estimate of drug-likeness (QED) is 0.240. The summed E-state index contributed by atoms with van der Waals surface area (Å²) in [5, 5.41) is 8.83. The molecule has 0 amide bonds. The third kappa shape index (κ3) is 8.02. The highest BCUT2D eigenvalue weighted by atomic mass is 31.1. The molecule has 0 spiro atoms. The molecule has 0 unspecified atom stereocenters. The molecule has 1 saturated heterocycles. The molecule has 1 aliphatic heterocycles. The molecule has 2 heterocycles. The molecule has 1 aromatic heterocycles. The molecule has 0 bridgehead atoms. The fraction of sp³-hybridized carbons (Fsp3) is 0.452. The van der Waals surface area contributed by atoms with Crippen LogP contribution >= 0.6 is 7.92 Å². The number of piperidine rings is 1. The third-order valence-electron chi connectivity index (χ3n) is 7.23. The van der Waals surface area contributed by atoms with Gasteiger partial charge in [0.25, 0.3) is 0 Å². The monoisotopic (exact) mass is 570 g/mol. The molecule has 214 valence electrons. The number of benzene rings is 2. The smallest absolute Gasteiger partial charge is 0.382 e. The van der Waals surface area contributed by atoms with Gasteiger partial charge in [-0.2, -0.15) is 13.2 Å². The Kier molecular flexibility index (Phi) is 9.81. The van der Waals surface area contributed by atoms with Crippen LogP contribution in [0.4, 0.5) is 24.5 Å². The van der Waals surface area contributed by atoms with Crippen molar-refractivity contribution < 1.29 is 18.0 Å². The first-order valence-corrected chi connectivity index (χ1v) is 15.9. The molecule has 40 heavy (non-hydrogen) atoms. The second-order valence-corrected chi connectivity index (χ2v) is 13.2. The van der Waals surface area contributed by atoms with Crippen LogP contribution in [0.1, 0.15) is 32.4 Å². The number of alkyl halides is 3. The van der Waals surface area contributed by atoms with Crippen molar-refractivity contribution >= 4 is 41.3 Å². The van der Waals surface area contributed by atoms with Crippen LogP contribution in [-0.2, 0) is 11.3 Å². The second-order valence-electron chi connectivity index (χ2n) is 10.9. The van der Waals surface area contributed by atoms with Gasteiger partial charge in [0.2, 0.25) is 0 Å². The number of anilines is 2. The fourth-order valence-electron chi connectivity index (χ4n) is 4.88. The van der Waals surface area contributed by atoms with Gasteiger partial charge in [-0.05, 0) is 67.7 Å². The average molecular weight is 571 g/mol. The van der Waals surface area contributed by atoms with Crippen molar-refractivity contribution in [3.8, 4) is 11.8 Å². The Morgan fingerprint density at radius 1 is 1.10 bits per heavy atom. The van der Waals surface area contributed by atoms with Crippen LogP contribution < -0.4 is 15.9 Å². The van der Waals surface area contributed by atoms with Gasteiger partial charge in [-0.15, -0.1) is 0 Å². The first-order valence-electron chi connectivity index (χ1n) is 13.7. The zero-order valence-corrected chi connectivity index (χ0v) is 24.5. The van der Waals surface area contributed by atoms with Gasteiger partial charge >= 0.3 is 6.18 Å². The van der Waals surface area contributed by atoms with Crippen LogP contribution in [0.3, 0.4) is 0 Å². The first kappa shape index (κ1) is 30.0. The maximum Gasteiger partial charge on any atom is 0.406 e. The summed E-state index contributed by atoms with van der Waals surface area (Å²) in [4.78, 5) is 14.3. The molecule has 2 N–H and O–H groups in total. The molecule has 0 saturated carbocycles. The molecule has 3 aromatic rings. The van der Waals surface area contributed by atoms with E-state index >= 15 is 0 Å². The van der Waals surface area contributed by atoms with E-state index in [0.717, 1.165) is 42.7 Å². The molecule has 0 atom stereocenters. The number of hydrogen-bond donors (Lipinski definition) is 2. The predicted molar refractivity (Wildman–Crippen MR) is 161 cm³/mol.